The molecule has 0 spiro atoms. The van der Waals surface area contributed by atoms with Crippen molar-refractivity contribution in [3.05, 3.63) is 109 Å². The molecule has 0 radical (unpaired) electrons. The van der Waals surface area contributed by atoms with E-state index in [4.69, 9.17) is 4.74 Å². The fourth-order valence-corrected chi connectivity index (χ4v) is 3.56. The summed E-state index contributed by atoms with van der Waals surface area (Å²) in [5.41, 5.74) is 3.81. The zero-order valence-electron chi connectivity index (χ0n) is 17.6. The molecule has 0 aliphatic rings. The average molecular weight is 419 g/mol. The van der Waals surface area contributed by atoms with E-state index in [0.717, 1.165) is 45.5 Å². The molecule has 0 saturated carbocycles. The first-order valence-electron chi connectivity index (χ1n) is 10.4. The lowest BCUT2D eigenvalue weighted by atomic mass is 10.0. The topological polar surface area (TPSA) is 65.7 Å². The van der Waals surface area contributed by atoms with Gasteiger partial charge in [0.05, 0.1) is 6.54 Å². The number of benzene rings is 2. The third-order valence-corrected chi connectivity index (χ3v) is 5.16. The summed E-state index contributed by atoms with van der Waals surface area (Å²) < 4.78 is 8.21. The van der Waals surface area contributed by atoms with E-state index in [-0.39, 0.29) is 0 Å². The highest BCUT2D eigenvalue weighted by Crippen LogP contribution is 2.34. The number of ether oxygens (including phenoxy) is 1. The minimum atomic E-state index is 0.627. The van der Waals surface area contributed by atoms with Crippen LogP contribution in [0.25, 0.3) is 22.6 Å². The van der Waals surface area contributed by atoms with Gasteiger partial charge in [-0.05, 0) is 54.4 Å². The van der Waals surface area contributed by atoms with Gasteiger partial charge in [0.2, 0.25) is 0 Å². The lowest BCUT2D eigenvalue weighted by molar-refractivity contribution is 0.484. The summed E-state index contributed by atoms with van der Waals surface area (Å²) in [5, 5.41) is 8.70. The molecular formula is C26H21N5O. The zero-order chi connectivity index (χ0) is 21.8. The van der Waals surface area contributed by atoms with E-state index in [1.165, 1.54) is 0 Å². The first-order valence-corrected chi connectivity index (χ1v) is 10.4. The Labute approximate surface area is 186 Å². The van der Waals surface area contributed by atoms with Crippen LogP contribution < -0.4 is 4.74 Å². The molecule has 0 atom stereocenters. The smallest absolute Gasteiger partial charge is 0.182 e. The Morgan fingerprint density at radius 3 is 2.53 bits per heavy atom. The van der Waals surface area contributed by atoms with Crippen molar-refractivity contribution in [2.24, 2.45) is 0 Å². The minimum absolute atomic E-state index is 0.627. The molecule has 2 aromatic carbocycles. The fourth-order valence-electron chi connectivity index (χ4n) is 3.56. The standard InChI is InChI=1S/C26H21N5O/c1-19-29-30-26(31(19)18-20-8-7-14-27-17-20)24-16-21(13-15-28-24)23-11-5-6-12-25(23)32-22-9-3-2-4-10-22/h2-17H,18H2,1H3. The maximum atomic E-state index is 6.16. The molecule has 0 saturated heterocycles. The number of rotatable bonds is 6. The van der Waals surface area contributed by atoms with Gasteiger partial charge in [-0.3, -0.25) is 9.97 Å². The molecular weight excluding hydrogens is 398 g/mol. The van der Waals surface area contributed by atoms with E-state index >= 15 is 0 Å². The Morgan fingerprint density at radius 2 is 1.69 bits per heavy atom. The highest BCUT2D eigenvalue weighted by molar-refractivity contribution is 5.73. The lowest BCUT2D eigenvalue weighted by Crippen LogP contribution is -2.05. The second-order valence-corrected chi connectivity index (χ2v) is 7.36. The average Bonchev–Trinajstić information content (AvgIpc) is 3.21. The molecule has 0 fully saturated rings. The van der Waals surface area contributed by atoms with Crippen LogP contribution in [0.15, 0.2) is 97.5 Å². The van der Waals surface area contributed by atoms with E-state index in [0.29, 0.717) is 6.54 Å². The highest BCUT2D eigenvalue weighted by Gasteiger charge is 2.15. The quantitative estimate of drug-likeness (QED) is 0.361. The first kappa shape index (κ1) is 19.6. The Kier molecular flexibility index (Phi) is 5.41. The van der Waals surface area contributed by atoms with Crippen molar-refractivity contribution in [3.8, 4) is 34.1 Å². The van der Waals surface area contributed by atoms with Gasteiger partial charge in [0.25, 0.3) is 0 Å². The summed E-state index contributed by atoms with van der Waals surface area (Å²) in [5.74, 6) is 3.11. The van der Waals surface area contributed by atoms with Gasteiger partial charge >= 0.3 is 0 Å². The molecule has 32 heavy (non-hydrogen) atoms. The van der Waals surface area contributed by atoms with Crippen LogP contribution in [-0.4, -0.2) is 24.7 Å². The van der Waals surface area contributed by atoms with Crippen LogP contribution in [0.2, 0.25) is 0 Å². The number of aryl methyl sites for hydroxylation is 1. The summed E-state index contributed by atoms with van der Waals surface area (Å²) in [6.45, 7) is 2.57. The Bertz CT molecular complexity index is 1330. The summed E-state index contributed by atoms with van der Waals surface area (Å²) in [4.78, 5) is 8.80. The molecule has 0 amide bonds. The number of para-hydroxylation sites is 2. The van der Waals surface area contributed by atoms with Gasteiger partial charge in [0.1, 0.15) is 23.0 Å². The van der Waals surface area contributed by atoms with Crippen LogP contribution in [0.5, 0.6) is 11.5 Å². The molecule has 0 bridgehead atoms. The number of aromatic nitrogens is 5. The second-order valence-electron chi connectivity index (χ2n) is 7.36. The van der Waals surface area contributed by atoms with Gasteiger partial charge in [-0.15, -0.1) is 10.2 Å². The number of hydrogen-bond donors (Lipinski definition) is 0. The monoisotopic (exact) mass is 419 g/mol. The second kappa shape index (κ2) is 8.81. The van der Waals surface area contributed by atoms with Gasteiger partial charge in [-0.1, -0.05) is 42.5 Å². The summed E-state index contributed by atoms with van der Waals surface area (Å²) in [6, 6.07) is 25.7. The molecule has 3 heterocycles. The van der Waals surface area contributed by atoms with Crippen LogP contribution in [0.1, 0.15) is 11.4 Å². The fraction of sp³-hybridized carbons (Fsp3) is 0.0769. The molecule has 6 nitrogen and oxygen atoms in total. The molecule has 0 aliphatic carbocycles. The van der Waals surface area contributed by atoms with Crippen molar-refractivity contribution in [2.45, 2.75) is 13.5 Å². The molecule has 0 N–H and O–H groups in total. The number of pyridine rings is 2. The Balaban J connectivity index is 1.51. The van der Waals surface area contributed by atoms with Gasteiger partial charge in [-0.2, -0.15) is 0 Å². The third kappa shape index (κ3) is 4.11. The molecule has 0 aliphatic heterocycles. The van der Waals surface area contributed by atoms with Crippen LogP contribution in [-0.2, 0) is 6.54 Å². The van der Waals surface area contributed by atoms with E-state index in [9.17, 15) is 0 Å². The van der Waals surface area contributed by atoms with Crippen LogP contribution in [0.4, 0.5) is 0 Å². The van der Waals surface area contributed by atoms with Crippen molar-refractivity contribution < 1.29 is 4.74 Å². The number of hydrogen-bond acceptors (Lipinski definition) is 5. The molecule has 5 rings (SSSR count). The third-order valence-electron chi connectivity index (χ3n) is 5.16. The normalized spacial score (nSPS) is 10.8. The molecule has 3 aromatic heterocycles. The van der Waals surface area contributed by atoms with Crippen LogP contribution >= 0.6 is 0 Å². The highest BCUT2D eigenvalue weighted by atomic mass is 16.5. The van der Waals surface area contributed by atoms with E-state index in [2.05, 4.69) is 24.7 Å². The molecule has 6 heteroatoms. The van der Waals surface area contributed by atoms with Crippen molar-refractivity contribution >= 4 is 0 Å². The number of nitrogens with zero attached hydrogens (tertiary/aromatic N) is 5. The van der Waals surface area contributed by atoms with Gasteiger partial charge in [-0.25, -0.2) is 0 Å². The van der Waals surface area contributed by atoms with Crippen LogP contribution in [0, 0.1) is 6.92 Å². The van der Waals surface area contributed by atoms with Crippen molar-refractivity contribution in [2.75, 3.05) is 0 Å². The van der Waals surface area contributed by atoms with Crippen molar-refractivity contribution in [1.29, 1.82) is 0 Å². The zero-order valence-corrected chi connectivity index (χ0v) is 17.6. The SMILES string of the molecule is Cc1nnc(-c2cc(-c3ccccc3Oc3ccccc3)ccn2)n1Cc1cccnc1. The molecule has 0 unspecified atom stereocenters. The molecule has 156 valence electrons. The maximum absolute atomic E-state index is 6.16. The predicted molar refractivity (Wildman–Crippen MR) is 123 cm³/mol. The summed E-state index contributed by atoms with van der Waals surface area (Å²) in [7, 11) is 0. The lowest BCUT2D eigenvalue weighted by Gasteiger charge is -2.12. The largest absolute Gasteiger partial charge is 0.457 e. The van der Waals surface area contributed by atoms with Crippen molar-refractivity contribution in [1.82, 2.24) is 24.7 Å². The predicted octanol–water partition coefficient (Wildman–Crippen LogP) is 5.55. The van der Waals surface area contributed by atoms with Gasteiger partial charge in [0, 0.05) is 24.2 Å². The maximum Gasteiger partial charge on any atom is 0.182 e. The molecule has 5 aromatic rings. The summed E-state index contributed by atoms with van der Waals surface area (Å²) >= 11 is 0. The van der Waals surface area contributed by atoms with Gasteiger partial charge < -0.3 is 9.30 Å². The summed E-state index contributed by atoms with van der Waals surface area (Å²) in [6.07, 6.45) is 5.41. The van der Waals surface area contributed by atoms with Crippen LogP contribution in [0.3, 0.4) is 0 Å². The first-order chi connectivity index (χ1) is 15.8. The Morgan fingerprint density at radius 1 is 0.844 bits per heavy atom. The van der Waals surface area contributed by atoms with E-state index in [1.54, 1.807) is 12.4 Å². The Hall–Kier alpha value is -4.32. The van der Waals surface area contributed by atoms with Gasteiger partial charge in [0.15, 0.2) is 5.82 Å². The van der Waals surface area contributed by atoms with E-state index < -0.39 is 0 Å². The van der Waals surface area contributed by atoms with Crippen molar-refractivity contribution in [3.63, 3.8) is 0 Å². The minimum Gasteiger partial charge on any atom is -0.457 e. The van der Waals surface area contributed by atoms with E-state index in [1.807, 2.05) is 92.0 Å².